The molecule has 0 radical (unpaired) electrons. The molecule has 0 spiro atoms. The van der Waals surface area contributed by atoms with Crippen LogP contribution < -0.4 is 10.6 Å². The van der Waals surface area contributed by atoms with E-state index in [0.29, 0.717) is 10.9 Å². The molecule has 0 aliphatic heterocycles. The summed E-state index contributed by atoms with van der Waals surface area (Å²) >= 11 is 5.91. The van der Waals surface area contributed by atoms with Crippen molar-refractivity contribution in [2.45, 2.75) is 27.2 Å². The first-order valence-corrected chi connectivity index (χ1v) is 6.63. The number of amides is 1. The van der Waals surface area contributed by atoms with Crippen LogP contribution in [-0.4, -0.2) is 19.0 Å². The van der Waals surface area contributed by atoms with Crippen LogP contribution in [0.25, 0.3) is 0 Å². The average molecular weight is 269 g/mol. The van der Waals surface area contributed by atoms with Crippen molar-refractivity contribution in [1.82, 2.24) is 5.32 Å². The van der Waals surface area contributed by atoms with Crippen LogP contribution in [0.2, 0.25) is 5.02 Å². The fraction of sp³-hybridized carbons (Fsp3) is 0.500. The summed E-state index contributed by atoms with van der Waals surface area (Å²) in [7, 11) is 0. The van der Waals surface area contributed by atoms with Gasteiger partial charge in [0.1, 0.15) is 0 Å². The molecular weight excluding hydrogens is 248 g/mol. The summed E-state index contributed by atoms with van der Waals surface area (Å²) in [6, 6.07) is 5.60. The molecule has 0 aromatic heterocycles. The van der Waals surface area contributed by atoms with Gasteiger partial charge in [-0.1, -0.05) is 31.5 Å². The Bertz CT molecular complexity index is 405. The molecular formula is C14H21ClN2O. The summed E-state index contributed by atoms with van der Waals surface area (Å²) in [5, 5.41) is 6.65. The van der Waals surface area contributed by atoms with E-state index in [1.165, 1.54) is 0 Å². The van der Waals surface area contributed by atoms with Crippen molar-refractivity contribution in [3.8, 4) is 0 Å². The molecule has 18 heavy (non-hydrogen) atoms. The highest BCUT2D eigenvalue weighted by Crippen LogP contribution is 2.19. The first-order valence-electron chi connectivity index (χ1n) is 6.25. The molecule has 1 rings (SSSR count). The van der Waals surface area contributed by atoms with Gasteiger partial charge in [0.05, 0.1) is 6.54 Å². The first kappa shape index (κ1) is 14.8. The lowest BCUT2D eigenvalue weighted by atomic mass is 10.1. The highest BCUT2D eigenvalue weighted by molar-refractivity contribution is 6.30. The molecule has 100 valence electrons. The molecule has 0 aliphatic rings. The van der Waals surface area contributed by atoms with E-state index in [9.17, 15) is 4.79 Å². The van der Waals surface area contributed by atoms with Crippen LogP contribution in [0.4, 0.5) is 5.69 Å². The van der Waals surface area contributed by atoms with Gasteiger partial charge in [0.15, 0.2) is 0 Å². The Balaban J connectivity index is 2.36. The van der Waals surface area contributed by atoms with E-state index in [-0.39, 0.29) is 12.5 Å². The van der Waals surface area contributed by atoms with Crippen LogP contribution in [0, 0.1) is 12.8 Å². The van der Waals surface area contributed by atoms with E-state index in [4.69, 9.17) is 11.6 Å². The van der Waals surface area contributed by atoms with Crippen LogP contribution >= 0.6 is 11.6 Å². The second kappa shape index (κ2) is 7.27. The molecule has 3 nitrogen and oxygen atoms in total. The Hall–Kier alpha value is -1.22. The molecule has 0 atom stereocenters. The minimum absolute atomic E-state index is 0.00928. The predicted octanol–water partition coefficient (Wildman–Crippen LogP) is 3.22. The lowest BCUT2D eigenvalue weighted by molar-refractivity contribution is -0.119. The topological polar surface area (TPSA) is 41.1 Å². The minimum atomic E-state index is 0.00928. The van der Waals surface area contributed by atoms with Crippen molar-refractivity contribution in [2.24, 2.45) is 5.92 Å². The van der Waals surface area contributed by atoms with Crippen molar-refractivity contribution in [3.05, 3.63) is 28.8 Å². The molecule has 0 aliphatic carbocycles. The number of carbonyl (C=O) groups excluding carboxylic acids is 1. The number of rotatable bonds is 6. The smallest absolute Gasteiger partial charge is 0.239 e. The summed E-state index contributed by atoms with van der Waals surface area (Å²) in [6.07, 6.45) is 1.00. The first-order chi connectivity index (χ1) is 8.49. The molecule has 0 bridgehead atoms. The Morgan fingerprint density at radius 1 is 1.39 bits per heavy atom. The highest BCUT2D eigenvalue weighted by Gasteiger charge is 2.03. The van der Waals surface area contributed by atoms with Crippen molar-refractivity contribution >= 4 is 23.2 Å². The van der Waals surface area contributed by atoms with Crippen molar-refractivity contribution in [3.63, 3.8) is 0 Å². The van der Waals surface area contributed by atoms with E-state index in [2.05, 4.69) is 24.5 Å². The van der Waals surface area contributed by atoms with Crippen LogP contribution in [-0.2, 0) is 4.79 Å². The third kappa shape index (κ3) is 5.41. The van der Waals surface area contributed by atoms with Crippen molar-refractivity contribution < 1.29 is 4.79 Å². The maximum atomic E-state index is 11.6. The quantitative estimate of drug-likeness (QED) is 0.832. The molecule has 0 fully saturated rings. The molecule has 1 aromatic carbocycles. The van der Waals surface area contributed by atoms with Crippen LogP contribution in [0.5, 0.6) is 0 Å². The van der Waals surface area contributed by atoms with Gasteiger partial charge in [0.2, 0.25) is 5.91 Å². The van der Waals surface area contributed by atoms with Gasteiger partial charge in [-0.15, -0.1) is 0 Å². The van der Waals surface area contributed by atoms with Gasteiger partial charge in [-0.3, -0.25) is 4.79 Å². The number of anilines is 1. The van der Waals surface area contributed by atoms with Gasteiger partial charge in [0.25, 0.3) is 0 Å². The molecule has 0 unspecified atom stereocenters. The van der Waals surface area contributed by atoms with E-state index in [1.807, 2.05) is 25.1 Å². The zero-order valence-corrected chi connectivity index (χ0v) is 12.0. The minimum Gasteiger partial charge on any atom is -0.376 e. The number of halogens is 1. The molecule has 0 saturated heterocycles. The van der Waals surface area contributed by atoms with Gasteiger partial charge in [-0.25, -0.2) is 0 Å². The second-order valence-electron chi connectivity index (χ2n) is 4.85. The van der Waals surface area contributed by atoms with E-state index in [0.717, 1.165) is 24.2 Å². The SMILES string of the molecule is Cc1ccc(Cl)cc1NCC(=O)NCCC(C)C. The fourth-order valence-corrected chi connectivity index (χ4v) is 1.70. The lowest BCUT2D eigenvalue weighted by Crippen LogP contribution is -2.31. The van der Waals surface area contributed by atoms with Crippen molar-refractivity contribution in [2.75, 3.05) is 18.4 Å². The highest BCUT2D eigenvalue weighted by atomic mass is 35.5. The average Bonchev–Trinajstić information content (AvgIpc) is 2.30. The zero-order valence-electron chi connectivity index (χ0n) is 11.2. The normalized spacial score (nSPS) is 10.5. The van der Waals surface area contributed by atoms with E-state index < -0.39 is 0 Å². The van der Waals surface area contributed by atoms with Crippen LogP contribution in [0.1, 0.15) is 25.8 Å². The summed E-state index contributed by atoms with van der Waals surface area (Å²) < 4.78 is 0. The molecule has 0 saturated carbocycles. The Morgan fingerprint density at radius 3 is 2.78 bits per heavy atom. The summed E-state index contributed by atoms with van der Waals surface area (Å²) in [6.45, 7) is 7.26. The standard InChI is InChI=1S/C14H21ClN2O/c1-10(2)6-7-16-14(18)9-17-13-8-12(15)5-4-11(13)3/h4-5,8,10,17H,6-7,9H2,1-3H3,(H,16,18). The largest absolute Gasteiger partial charge is 0.376 e. The fourth-order valence-electron chi connectivity index (χ4n) is 1.52. The van der Waals surface area contributed by atoms with Gasteiger partial charge in [-0.05, 0) is 37.0 Å². The molecule has 2 N–H and O–H groups in total. The van der Waals surface area contributed by atoms with Gasteiger partial charge in [0, 0.05) is 17.3 Å². The third-order valence-electron chi connectivity index (χ3n) is 2.68. The Morgan fingerprint density at radius 2 is 2.11 bits per heavy atom. The number of aryl methyl sites for hydroxylation is 1. The maximum Gasteiger partial charge on any atom is 0.239 e. The van der Waals surface area contributed by atoms with Crippen LogP contribution in [0.15, 0.2) is 18.2 Å². The van der Waals surface area contributed by atoms with E-state index >= 15 is 0 Å². The van der Waals surface area contributed by atoms with Crippen LogP contribution in [0.3, 0.4) is 0 Å². The molecule has 4 heteroatoms. The summed E-state index contributed by atoms with van der Waals surface area (Å²) in [4.78, 5) is 11.6. The molecule has 1 amide bonds. The van der Waals surface area contributed by atoms with Gasteiger partial charge >= 0.3 is 0 Å². The Kier molecular flexibility index (Phi) is 5.99. The summed E-state index contributed by atoms with van der Waals surface area (Å²) in [5.41, 5.74) is 1.98. The number of carbonyl (C=O) groups is 1. The van der Waals surface area contributed by atoms with Gasteiger partial charge in [-0.2, -0.15) is 0 Å². The number of benzene rings is 1. The molecule has 1 aromatic rings. The third-order valence-corrected chi connectivity index (χ3v) is 2.92. The van der Waals surface area contributed by atoms with Gasteiger partial charge < -0.3 is 10.6 Å². The maximum absolute atomic E-state index is 11.6. The van der Waals surface area contributed by atoms with Crippen molar-refractivity contribution in [1.29, 1.82) is 0 Å². The zero-order chi connectivity index (χ0) is 13.5. The summed E-state index contributed by atoms with van der Waals surface area (Å²) in [5.74, 6) is 0.614. The Labute approximate surface area is 114 Å². The number of hydrogen-bond donors (Lipinski definition) is 2. The molecule has 0 heterocycles. The number of hydrogen-bond acceptors (Lipinski definition) is 2. The second-order valence-corrected chi connectivity index (χ2v) is 5.28. The lowest BCUT2D eigenvalue weighted by Gasteiger charge is -2.11. The van der Waals surface area contributed by atoms with E-state index in [1.54, 1.807) is 0 Å². The number of nitrogens with one attached hydrogen (secondary N) is 2. The monoisotopic (exact) mass is 268 g/mol. The predicted molar refractivity (Wildman–Crippen MR) is 77.1 cm³/mol.